The number of aryl methyl sites for hydroxylation is 1. The summed E-state index contributed by atoms with van der Waals surface area (Å²) in [7, 11) is 0. The van der Waals surface area contributed by atoms with E-state index in [2.05, 4.69) is 10.3 Å². The van der Waals surface area contributed by atoms with E-state index in [-0.39, 0.29) is 23.6 Å². The maximum atomic E-state index is 11.6. The monoisotopic (exact) mass is 238 g/mol. The number of carbonyl (C=O) groups is 1. The van der Waals surface area contributed by atoms with Crippen LogP contribution in [-0.4, -0.2) is 29.1 Å². The molecule has 5 heteroatoms. The molecule has 1 heterocycles. The van der Waals surface area contributed by atoms with Crippen LogP contribution < -0.4 is 10.9 Å². The lowest BCUT2D eigenvalue weighted by Gasteiger charge is -2.04. The first-order chi connectivity index (χ1) is 8.15. The van der Waals surface area contributed by atoms with Crippen molar-refractivity contribution in [3.05, 3.63) is 33.7 Å². The van der Waals surface area contributed by atoms with E-state index < -0.39 is 0 Å². The molecule has 0 aliphatic carbocycles. The molecule has 0 aliphatic heterocycles. The average molecular weight is 238 g/mol. The van der Waals surface area contributed by atoms with Crippen molar-refractivity contribution in [2.45, 2.75) is 26.2 Å². The summed E-state index contributed by atoms with van der Waals surface area (Å²) in [6, 6.07) is 3.22. The molecular weight excluding hydrogens is 220 g/mol. The minimum atomic E-state index is -0.363. The van der Waals surface area contributed by atoms with Gasteiger partial charge in [-0.3, -0.25) is 9.59 Å². The average Bonchev–Trinajstić information content (AvgIpc) is 2.28. The van der Waals surface area contributed by atoms with E-state index in [1.165, 1.54) is 6.07 Å². The van der Waals surface area contributed by atoms with Gasteiger partial charge in [-0.15, -0.1) is 0 Å². The van der Waals surface area contributed by atoms with Gasteiger partial charge in [-0.05, 0) is 38.3 Å². The van der Waals surface area contributed by atoms with Crippen molar-refractivity contribution in [3.63, 3.8) is 0 Å². The Labute approximate surface area is 99.9 Å². The lowest BCUT2D eigenvalue weighted by molar-refractivity contribution is 0.0951. The lowest BCUT2D eigenvalue weighted by Crippen LogP contribution is -2.30. The summed E-state index contributed by atoms with van der Waals surface area (Å²) in [5, 5.41) is 11.3. The van der Waals surface area contributed by atoms with Gasteiger partial charge in [0.25, 0.3) is 11.5 Å². The molecule has 1 aromatic rings. The van der Waals surface area contributed by atoms with Crippen molar-refractivity contribution < 1.29 is 9.90 Å². The molecule has 0 saturated heterocycles. The van der Waals surface area contributed by atoms with Gasteiger partial charge < -0.3 is 15.4 Å². The third-order valence-corrected chi connectivity index (χ3v) is 2.42. The number of aliphatic hydroxyl groups is 1. The number of carbonyl (C=O) groups excluding carboxylic acids is 1. The zero-order valence-electron chi connectivity index (χ0n) is 9.95. The highest BCUT2D eigenvalue weighted by atomic mass is 16.3. The number of aromatic nitrogens is 1. The molecule has 94 valence electrons. The second-order valence-corrected chi connectivity index (χ2v) is 3.92. The first-order valence-electron chi connectivity index (χ1n) is 5.74. The zero-order chi connectivity index (χ0) is 12.7. The SMILES string of the molecule is Cc1ccc(C(=O)NCCCCCO)c(=O)[nH]1. The number of aromatic amines is 1. The van der Waals surface area contributed by atoms with Crippen LogP contribution in [0.4, 0.5) is 0 Å². The highest BCUT2D eigenvalue weighted by molar-refractivity contribution is 5.93. The zero-order valence-corrected chi connectivity index (χ0v) is 9.95. The number of nitrogens with one attached hydrogen (secondary N) is 2. The van der Waals surface area contributed by atoms with Crippen LogP contribution in [0.3, 0.4) is 0 Å². The number of hydrogen-bond donors (Lipinski definition) is 3. The molecule has 5 nitrogen and oxygen atoms in total. The summed E-state index contributed by atoms with van der Waals surface area (Å²) in [5.74, 6) is -0.352. The Bertz CT molecular complexity index is 426. The number of unbranched alkanes of at least 4 members (excludes halogenated alkanes) is 2. The summed E-state index contributed by atoms with van der Waals surface area (Å²) in [4.78, 5) is 25.7. The molecule has 0 bridgehead atoms. The van der Waals surface area contributed by atoms with Gasteiger partial charge in [0.1, 0.15) is 5.56 Å². The maximum absolute atomic E-state index is 11.6. The molecule has 3 N–H and O–H groups in total. The summed E-state index contributed by atoms with van der Waals surface area (Å²) >= 11 is 0. The van der Waals surface area contributed by atoms with Crippen molar-refractivity contribution in [3.8, 4) is 0 Å². The number of rotatable bonds is 6. The quantitative estimate of drug-likeness (QED) is 0.634. The van der Waals surface area contributed by atoms with Gasteiger partial charge in [-0.25, -0.2) is 0 Å². The van der Waals surface area contributed by atoms with Crippen molar-refractivity contribution >= 4 is 5.91 Å². The molecule has 0 radical (unpaired) electrons. The number of amides is 1. The molecule has 0 aromatic carbocycles. The van der Waals surface area contributed by atoms with Gasteiger partial charge >= 0.3 is 0 Å². The van der Waals surface area contributed by atoms with Crippen molar-refractivity contribution in [1.82, 2.24) is 10.3 Å². The van der Waals surface area contributed by atoms with Crippen molar-refractivity contribution in [2.24, 2.45) is 0 Å². The Morgan fingerprint density at radius 2 is 2.12 bits per heavy atom. The van der Waals surface area contributed by atoms with Gasteiger partial charge in [-0.2, -0.15) is 0 Å². The highest BCUT2D eigenvalue weighted by Gasteiger charge is 2.08. The van der Waals surface area contributed by atoms with Gasteiger partial charge in [0, 0.05) is 18.8 Å². The molecule has 1 rings (SSSR count). The molecule has 1 amide bonds. The summed E-state index contributed by atoms with van der Waals surface area (Å²) < 4.78 is 0. The van der Waals surface area contributed by atoms with Gasteiger partial charge in [0.15, 0.2) is 0 Å². The Morgan fingerprint density at radius 1 is 1.35 bits per heavy atom. The molecular formula is C12H18N2O3. The Hall–Kier alpha value is -1.62. The summed E-state index contributed by atoms with van der Waals surface area (Å²) in [6.45, 7) is 2.45. The largest absolute Gasteiger partial charge is 0.396 e. The second-order valence-electron chi connectivity index (χ2n) is 3.92. The fourth-order valence-electron chi connectivity index (χ4n) is 1.46. The molecule has 0 aliphatic rings. The van der Waals surface area contributed by atoms with Crippen LogP contribution in [-0.2, 0) is 0 Å². The molecule has 0 saturated carbocycles. The van der Waals surface area contributed by atoms with Crippen LogP contribution in [0.15, 0.2) is 16.9 Å². The smallest absolute Gasteiger partial charge is 0.260 e. The predicted molar refractivity (Wildman–Crippen MR) is 65.1 cm³/mol. The van der Waals surface area contributed by atoms with Crippen molar-refractivity contribution in [2.75, 3.05) is 13.2 Å². The Kier molecular flexibility index (Phi) is 5.42. The molecule has 17 heavy (non-hydrogen) atoms. The van der Waals surface area contributed by atoms with E-state index >= 15 is 0 Å². The Morgan fingerprint density at radius 3 is 2.76 bits per heavy atom. The normalized spacial score (nSPS) is 10.2. The molecule has 0 atom stereocenters. The minimum Gasteiger partial charge on any atom is -0.396 e. The van der Waals surface area contributed by atoms with Crippen LogP contribution in [0.1, 0.15) is 35.3 Å². The molecule has 0 fully saturated rings. The van der Waals surface area contributed by atoms with Gasteiger partial charge in [0.2, 0.25) is 0 Å². The van der Waals surface area contributed by atoms with Crippen molar-refractivity contribution in [1.29, 1.82) is 0 Å². The summed E-state index contributed by atoms with van der Waals surface area (Å²) in [6.07, 6.45) is 2.40. The van der Waals surface area contributed by atoms with E-state index in [4.69, 9.17) is 5.11 Å². The Balaban J connectivity index is 2.45. The first kappa shape index (κ1) is 13.4. The third-order valence-electron chi connectivity index (χ3n) is 2.42. The number of aliphatic hydroxyl groups excluding tert-OH is 1. The molecule has 0 unspecified atom stereocenters. The predicted octanol–water partition coefficient (Wildman–Crippen LogP) is 0.576. The van der Waals surface area contributed by atoms with Crippen LogP contribution in [0, 0.1) is 6.92 Å². The van der Waals surface area contributed by atoms with Crippen LogP contribution in [0.25, 0.3) is 0 Å². The molecule has 1 aromatic heterocycles. The fraction of sp³-hybridized carbons (Fsp3) is 0.500. The highest BCUT2D eigenvalue weighted by Crippen LogP contribution is 1.95. The third kappa shape index (κ3) is 4.40. The first-order valence-corrected chi connectivity index (χ1v) is 5.74. The minimum absolute atomic E-state index is 0.137. The van der Waals surface area contributed by atoms with Crippen LogP contribution in [0.2, 0.25) is 0 Å². The fourth-order valence-corrected chi connectivity index (χ4v) is 1.46. The topological polar surface area (TPSA) is 82.2 Å². The lowest BCUT2D eigenvalue weighted by atomic mass is 10.2. The second kappa shape index (κ2) is 6.85. The standard InChI is InChI=1S/C12H18N2O3/c1-9-5-6-10(12(17)14-9)11(16)13-7-3-2-4-8-15/h5-6,15H,2-4,7-8H2,1H3,(H,13,16)(H,14,17). The van der Waals surface area contributed by atoms with E-state index in [0.717, 1.165) is 25.0 Å². The molecule has 0 spiro atoms. The van der Waals surface area contributed by atoms with Gasteiger partial charge in [0.05, 0.1) is 0 Å². The van der Waals surface area contributed by atoms with Crippen LogP contribution >= 0.6 is 0 Å². The van der Waals surface area contributed by atoms with E-state index in [9.17, 15) is 9.59 Å². The maximum Gasteiger partial charge on any atom is 0.260 e. The number of hydrogen-bond acceptors (Lipinski definition) is 3. The van der Waals surface area contributed by atoms with E-state index in [0.29, 0.717) is 6.54 Å². The number of H-pyrrole nitrogens is 1. The van der Waals surface area contributed by atoms with E-state index in [1.807, 2.05) is 0 Å². The summed E-state index contributed by atoms with van der Waals surface area (Å²) in [5.41, 5.74) is 0.505. The van der Waals surface area contributed by atoms with Crippen LogP contribution in [0.5, 0.6) is 0 Å². The van der Waals surface area contributed by atoms with E-state index in [1.54, 1.807) is 13.0 Å². The van der Waals surface area contributed by atoms with Gasteiger partial charge in [-0.1, -0.05) is 0 Å². The number of pyridine rings is 1.